The first-order valence-electron chi connectivity index (χ1n) is 6.41. The van der Waals surface area contributed by atoms with Crippen LogP contribution in [0.25, 0.3) is 10.8 Å². The van der Waals surface area contributed by atoms with E-state index in [9.17, 15) is 0 Å². The number of hydrogen-bond acceptors (Lipinski definition) is 5. The summed E-state index contributed by atoms with van der Waals surface area (Å²) in [5.41, 5.74) is 0.817. The lowest BCUT2D eigenvalue weighted by atomic mass is 10.4. The number of rotatable bonds is 5. The largest absolute Gasteiger partial charge is 0.484 e. The van der Waals surface area contributed by atoms with Crippen LogP contribution < -0.4 is 4.74 Å². The van der Waals surface area contributed by atoms with Crippen molar-refractivity contribution < 1.29 is 9.15 Å². The van der Waals surface area contributed by atoms with Crippen LogP contribution >= 0.6 is 11.3 Å². The molecule has 20 heavy (non-hydrogen) atoms. The van der Waals surface area contributed by atoms with Crippen molar-refractivity contribution >= 4 is 11.3 Å². The summed E-state index contributed by atoms with van der Waals surface area (Å²) in [6, 6.07) is 3.97. The summed E-state index contributed by atoms with van der Waals surface area (Å²) < 4.78 is 13.2. The fourth-order valence-electron chi connectivity index (χ4n) is 1.81. The van der Waals surface area contributed by atoms with Crippen molar-refractivity contribution in [1.29, 1.82) is 0 Å². The van der Waals surface area contributed by atoms with Crippen LogP contribution in [-0.2, 0) is 13.2 Å². The molecule has 0 bridgehead atoms. The zero-order valence-corrected chi connectivity index (χ0v) is 12.2. The van der Waals surface area contributed by atoms with Crippen LogP contribution in [0.15, 0.2) is 34.3 Å². The Balaban J connectivity index is 1.71. The SMILES string of the molecule is CCn1cc(OCc2nc(-c3cccs3)oc2C)cn1. The van der Waals surface area contributed by atoms with Gasteiger partial charge in [0.25, 0.3) is 0 Å². The van der Waals surface area contributed by atoms with Crippen LogP contribution in [0.3, 0.4) is 0 Å². The number of hydrogen-bond donors (Lipinski definition) is 0. The van der Waals surface area contributed by atoms with Gasteiger partial charge in [-0.25, -0.2) is 4.98 Å². The summed E-state index contributed by atoms with van der Waals surface area (Å²) in [5, 5.41) is 6.17. The van der Waals surface area contributed by atoms with Gasteiger partial charge in [0, 0.05) is 6.54 Å². The van der Waals surface area contributed by atoms with Crippen LogP contribution in [0.1, 0.15) is 18.4 Å². The molecule has 0 unspecified atom stereocenters. The first-order chi connectivity index (χ1) is 9.76. The van der Waals surface area contributed by atoms with E-state index >= 15 is 0 Å². The molecule has 0 saturated carbocycles. The van der Waals surface area contributed by atoms with Crippen molar-refractivity contribution in [2.24, 2.45) is 0 Å². The highest BCUT2D eigenvalue weighted by atomic mass is 32.1. The molecule has 3 aromatic rings. The molecule has 0 amide bonds. The molecule has 0 aromatic carbocycles. The van der Waals surface area contributed by atoms with E-state index in [0.29, 0.717) is 12.5 Å². The minimum Gasteiger partial charge on any atom is -0.484 e. The summed E-state index contributed by atoms with van der Waals surface area (Å²) >= 11 is 1.61. The standard InChI is InChI=1S/C14H15N3O2S/c1-3-17-8-11(7-15-17)18-9-12-10(2)19-14(16-12)13-5-4-6-20-13/h4-8H,3,9H2,1-2H3. The zero-order valence-electron chi connectivity index (χ0n) is 11.4. The van der Waals surface area contributed by atoms with Gasteiger partial charge in [-0.3, -0.25) is 4.68 Å². The monoisotopic (exact) mass is 289 g/mol. The van der Waals surface area contributed by atoms with E-state index in [4.69, 9.17) is 9.15 Å². The van der Waals surface area contributed by atoms with Crippen LogP contribution in [-0.4, -0.2) is 14.8 Å². The number of aromatic nitrogens is 3. The Labute approximate surface area is 120 Å². The highest BCUT2D eigenvalue weighted by molar-refractivity contribution is 7.13. The van der Waals surface area contributed by atoms with Crippen LogP contribution in [0.2, 0.25) is 0 Å². The first kappa shape index (κ1) is 12.9. The first-order valence-corrected chi connectivity index (χ1v) is 7.29. The molecule has 0 saturated heterocycles. The Morgan fingerprint density at radius 2 is 2.35 bits per heavy atom. The third kappa shape index (κ3) is 2.60. The van der Waals surface area contributed by atoms with Crippen LogP contribution in [0.4, 0.5) is 0 Å². The van der Waals surface area contributed by atoms with Gasteiger partial charge in [0.1, 0.15) is 18.1 Å². The third-order valence-corrected chi connectivity index (χ3v) is 3.79. The van der Waals surface area contributed by atoms with E-state index < -0.39 is 0 Å². The molecule has 0 N–H and O–H groups in total. The summed E-state index contributed by atoms with van der Waals surface area (Å²) in [7, 11) is 0. The van der Waals surface area contributed by atoms with Gasteiger partial charge in [-0.05, 0) is 25.3 Å². The highest BCUT2D eigenvalue weighted by Crippen LogP contribution is 2.26. The Hall–Kier alpha value is -2.08. The number of aryl methyl sites for hydroxylation is 2. The van der Waals surface area contributed by atoms with E-state index in [1.807, 2.05) is 42.2 Å². The van der Waals surface area contributed by atoms with Crippen molar-refractivity contribution in [3.8, 4) is 16.5 Å². The average molecular weight is 289 g/mol. The molecule has 104 valence electrons. The molecule has 6 heteroatoms. The summed E-state index contributed by atoms with van der Waals surface area (Å²) in [6.07, 6.45) is 3.58. The van der Waals surface area contributed by atoms with Gasteiger partial charge in [0.05, 0.1) is 17.3 Å². The Kier molecular flexibility index (Phi) is 3.56. The maximum absolute atomic E-state index is 5.68. The van der Waals surface area contributed by atoms with E-state index in [2.05, 4.69) is 10.1 Å². The number of nitrogens with zero attached hydrogens (tertiary/aromatic N) is 3. The van der Waals surface area contributed by atoms with E-state index in [1.165, 1.54) is 0 Å². The minimum absolute atomic E-state index is 0.385. The quantitative estimate of drug-likeness (QED) is 0.721. The summed E-state index contributed by atoms with van der Waals surface area (Å²) in [5.74, 6) is 2.18. The molecule has 0 fully saturated rings. The van der Waals surface area contributed by atoms with Crippen LogP contribution in [0.5, 0.6) is 5.75 Å². The molecule has 0 aliphatic carbocycles. The topological polar surface area (TPSA) is 53.1 Å². The zero-order chi connectivity index (χ0) is 13.9. The predicted molar refractivity (Wildman–Crippen MR) is 76.8 cm³/mol. The number of thiophene rings is 1. The van der Waals surface area contributed by atoms with Crippen molar-refractivity contribution in [3.63, 3.8) is 0 Å². The fourth-order valence-corrected chi connectivity index (χ4v) is 2.46. The van der Waals surface area contributed by atoms with Gasteiger partial charge in [-0.15, -0.1) is 11.3 Å². The average Bonchev–Trinajstić information content (AvgIpc) is 3.17. The van der Waals surface area contributed by atoms with Crippen LogP contribution in [0, 0.1) is 6.92 Å². The van der Waals surface area contributed by atoms with Gasteiger partial charge in [0.15, 0.2) is 5.75 Å². The van der Waals surface area contributed by atoms with Gasteiger partial charge < -0.3 is 9.15 Å². The smallest absolute Gasteiger partial charge is 0.236 e. The second kappa shape index (κ2) is 5.50. The molecular weight excluding hydrogens is 274 g/mol. The molecule has 0 aliphatic rings. The fraction of sp³-hybridized carbons (Fsp3) is 0.286. The lowest BCUT2D eigenvalue weighted by Gasteiger charge is -2.00. The maximum Gasteiger partial charge on any atom is 0.236 e. The normalized spacial score (nSPS) is 10.9. The second-order valence-electron chi connectivity index (χ2n) is 4.32. The van der Waals surface area contributed by atoms with Crippen molar-refractivity contribution in [2.75, 3.05) is 0 Å². The molecule has 0 spiro atoms. The minimum atomic E-state index is 0.385. The van der Waals surface area contributed by atoms with Crippen molar-refractivity contribution in [2.45, 2.75) is 27.0 Å². The Bertz CT molecular complexity index is 685. The Morgan fingerprint density at radius 1 is 1.45 bits per heavy atom. The van der Waals surface area contributed by atoms with Gasteiger partial charge >= 0.3 is 0 Å². The molecular formula is C14H15N3O2S. The Morgan fingerprint density at radius 3 is 3.05 bits per heavy atom. The van der Waals surface area contributed by atoms with E-state index in [0.717, 1.165) is 28.6 Å². The third-order valence-electron chi connectivity index (χ3n) is 2.93. The highest BCUT2D eigenvalue weighted by Gasteiger charge is 2.12. The molecule has 0 aliphatic heterocycles. The van der Waals surface area contributed by atoms with E-state index in [1.54, 1.807) is 17.5 Å². The molecule has 3 rings (SSSR count). The van der Waals surface area contributed by atoms with Gasteiger partial charge in [0.2, 0.25) is 5.89 Å². The predicted octanol–water partition coefficient (Wildman–Crippen LogP) is 3.51. The van der Waals surface area contributed by atoms with Gasteiger partial charge in [-0.2, -0.15) is 5.10 Å². The summed E-state index contributed by atoms with van der Waals surface area (Å²) in [4.78, 5) is 5.51. The number of oxazole rings is 1. The van der Waals surface area contributed by atoms with Gasteiger partial charge in [-0.1, -0.05) is 6.07 Å². The molecule has 5 nitrogen and oxygen atoms in total. The maximum atomic E-state index is 5.68. The molecule has 0 atom stereocenters. The lowest BCUT2D eigenvalue weighted by molar-refractivity contribution is 0.299. The lowest BCUT2D eigenvalue weighted by Crippen LogP contribution is -1.97. The molecule has 3 heterocycles. The van der Waals surface area contributed by atoms with Crippen molar-refractivity contribution in [1.82, 2.24) is 14.8 Å². The molecule has 0 radical (unpaired) electrons. The van der Waals surface area contributed by atoms with Crippen molar-refractivity contribution in [3.05, 3.63) is 41.4 Å². The summed E-state index contributed by atoms with van der Waals surface area (Å²) in [6.45, 7) is 5.15. The second-order valence-corrected chi connectivity index (χ2v) is 5.27. The van der Waals surface area contributed by atoms with E-state index in [-0.39, 0.29) is 0 Å². The molecule has 3 aromatic heterocycles. The number of ether oxygens (including phenoxy) is 1.